The molecular formula is C25H19Cl3F3NO2. The van der Waals surface area contributed by atoms with E-state index in [0.717, 1.165) is 11.6 Å². The van der Waals surface area contributed by atoms with Gasteiger partial charge in [0.05, 0.1) is 12.5 Å². The zero-order valence-corrected chi connectivity index (χ0v) is 20.1. The topological polar surface area (TPSA) is 39.2 Å². The van der Waals surface area contributed by atoms with Gasteiger partial charge < -0.3 is 4.74 Å². The van der Waals surface area contributed by atoms with Gasteiger partial charge in [0.15, 0.2) is 5.78 Å². The molecule has 0 fully saturated rings. The van der Waals surface area contributed by atoms with E-state index in [0.29, 0.717) is 21.8 Å². The van der Waals surface area contributed by atoms with Gasteiger partial charge in [-0.1, -0.05) is 71.2 Å². The van der Waals surface area contributed by atoms with Crippen molar-refractivity contribution in [3.05, 3.63) is 104 Å². The molecule has 9 heteroatoms. The van der Waals surface area contributed by atoms with Gasteiger partial charge in [0.2, 0.25) is 0 Å². The fourth-order valence-corrected chi connectivity index (χ4v) is 3.96. The fraction of sp³-hybridized carbons (Fsp3) is 0.200. The van der Waals surface area contributed by atoms with Gasteiger partial charge in [0.25, 0.3) is 0 Å². The van der Waals surface area contributed by atoms with E-state index in [2.05, 4.69) is 4.98 Å². The minimum absolute atomic E-state index is 0.0576. The van der Waals surface area contributed by atoms with Crippen LogP contribution in [0.3, 0.4) is 0 Å². The molecule has 3 rings (SSSR count). The van der Waals surface area contributed by atoms with Gasteiger partial charge in [-0.3, -0.25) is 4.79 Å². The molecule has 0 amide bonds. The maximum atomic E-state index is 13.7. The molecule has 0 aliphatic heterocycles. The van der Waals surface area contributed by atoms with E-state index >= 15 is 0 Å². The molecular weight excluding hydrogens is 510 g/mol. The molecule has 0 radical (unpaired) electrons. The van der Waals surface area contributed by atoms with E-state index in [1.54, 1.807) is 43.5 Å². The van der Waals surface area contributed by atoms with Crippen LogP contribution in [0.15, 0.2) is 60.8 Å². The second-order valence-electron chi connectivity index (χ2n) is 7.56. The first kappa shape index (κ1) is 26.2. The van der Waals surface area contributed by atoms with E-state index < -0.39 is 12.1 Å². The third kappa shape index (κ3) is 7.31. The van der Waals surface area contributed by atoms with Crippen molar-refractivity contribution in [1.29, 1.82) is 0 Å². The van der Waals surface area contributed by atoms with Crippen LogP contribution in [0.5, 0.6) is 0 Å². The predicted octanol–water partition coefficient (Wildman–Crippen LogP) is 8.11. The lowest BCUT2D eigenvalue weighted by Gasteiger charge is -2.18. The number of ether oxygens (including phenoxy) is 1. The van der Waals surface area contributed by atoms with Crippen molar-refractivity contribution in [3.63, 3.8) is 0 Å². The van der Waals surface area contributed by atoms with Crippen LogP contribution in [0.4, 0.5) is 13.2 Å². The molecule has 1 aromatic heterocycles. The maximum absolute atomic E-state index is 13.7. The first-order chi connectivity index (χ1) is 16.0. The minimum atomic E-state index is -4.54. The SMILES string of the molecule is Cc1cc(/C=C/C(c2cc(Cl)cc(Cl)c2)C(F)(F)F)ccc1C(=O)COCc1ccc(Cl)nc1. The van der Waals surface area contributed by atoms with Gasteiger partial charge in [-0.25, -0.2) is 4.98 Å². The Morgan fingerprint density at radius 1 is 1.06 bits per heavy atom. The number of rotatable bonds is 8. The lowest BCUT2D eigenvalue weighted by molar-refractivity contribution is -0.139. The van der Waals surface area contributed by atoms with Crippen LogP contribution in [-0.2, 0) is 11.3 Å². The number of carbonyl (C=O) groups is 1. The number of benzene rings is 2. The Morgan fingerprint density at radius 3 is 2.35 bits per heavy atom. The molecule has 0 aliphatic rings. The van der Waals surface area contributed by atoms with Gasteiger partial charge in [-0.05, 0) is 53.4 Å². The summed E-state index contributed by atoms with van der Waals surface area (Å²) < 4.78 is 46.5. The Bertz CT molecular complexity index is 1170. The van der Waals surface area contributed by atoms with Gasteiger partial charge in [-0.15, -0.1) is 0 Å². The molecule has 1 atom stereocenters. The lowest BCUT2D eigenvalue weighted by Crippen LogP contribution is -2.18. The zero-order valence-electron chi connectivity index (χ0n) is 17.9. The second kappa shape index (κ2) is 11.4. The summed E-state index contributed by atoms with van der Waals surface area (Å²) in [5.41, 5.74) is 2.29. The second-order valence-corrected chi connectivity index (χ2v) is 8.82. The smallest absolute Gasteiger partial charge is 0.369 e. The first-order valence-electron chi connectivity index (χ1n) is 10.1. The van der Waals surface area contributed by atoms with Gasteiger partial charge in [-0.2, -0.15) is 13.2 Å². The van der Waals surface area contributed by atoms with Crippen LogP contribution < -0.4 is 0 Å². The Labute approximate surface area is 210 Å². The highest BCUT2D eigenvalue weighted by atomic mass is 35.5. The number of aromatic nitrogens is 1. The van der Waals surface area contributed by atoms with E-state index in [1.165, 1.54) is 24.3 Å². The molecule has 1 heterocycles. The molecule has 0 bridgehead atoms. The highest BCUT2D eigenvalue weighted by molar-refractivity contribution is 6.34. The number of aryl methyl sites for hydroxylation is 1. The van der Waals surface area contributed by atoms with Crippen molar-refractivity contribution >= 4 is 46.7 Å². The van der Waals surface area contributed by atoms with Gasteiger partial charge in [0, 0.05) is 21.8 Å². The van der Waals surface area contributed by atoms with E-state index in [9.17, 15) is 18.0 Å². The normalized spacial score (nSPS) is 12.8. The number of Topliss-reactive ketones (excluding diaryl/α,β-unsaturated/α-hetero) is 1. The average molecular weight is 529 g/mol. The van der Waals surface area contributed by atoms with E-state index in [-0.39, 0.29) is 34.6 Å². The van der Waals surface area contributed by atoms with Crippen molar-refractivity contribution in [1.82, 2.24) is 4.98 Å². The highest BCUT2D eigenvalue weighted by Crippen LogP contribution is 2.38. The number of hydrogen-bond donors (Lipinski definition) is 0. The van der Waals surface area contributed by atoms with Crippen molar-refractivity contribution in [2.45, 2.75) is 25.6 Å². The third-order valence-corrected chi connectivity index (χ3v) is 5.58. The third-order valence-electron chi connectivity index (χ3n) is 4.92. The van der Waals surface area contributed by atoms with Crippen molar-refractivity contribution in [3.8, 4) is 0 Å². The summed E-state index contributed by atoms with van der Waals surface area (Å²) in [6, 6.07) is 12.0. The largest absolute Gasteiger partial charge is 0.399 e. The Hall–Kier alpha value is -2.38. The molecule has 0 saturated carbocycles. The standard InChI is InChI=1S/C25H19Cl3F3NO2/c1-15-8-16(3-6-22(25(29,30)31)18-9-19(26)11-20(27)10-18)2-5-21(15)23(33)14-34-13-17-4-7-24(28)32-12-17/h2-12,22H,13-14H2,1H3/b6-3+. The number of hydrogen-bond acceptors (Lipinski definition) is 3. The maximum Gasteiger partial charge on any atom is 0.399 e. The number of carbonyl (C=O) groups excluding carboxylic acids is 1. The van der Waals surface area contributed by atoms with Gasteiger partial charge in [0.1, 0.15) is 11.8 Å². The minimum Gasteiger partial charge on any atom is -0.369 e. The van der Waals surface area contributed by atoms with Crippen LogP contribution in [-0.4, -0.2) is 23.6 Å². The molecule has 0 N–H and O–H groups in total. The zero-order chi connectivity index (χ0) is 24.9. The van der Waals surface area contributed by atoms with Crippen LogP contribution in [0.1, 0.15) is 38.5 Å². The first-order valence-corrected chi connectivity index (χ1v) is 11.2. The van der Waals surface area contributed by atoms with Crippen LogP contribution in [0.2, 0.25) is 15.2 Å². The lowest BCUT2D eigenvalue weighted by atomic mass is 9.96. The van der Waals surface area contributed by atoms with Crippen LogP contribution in [0.25, 0.3) is 6.08 Å². The summed E-state index contributed by atoms with van der Waals surface area (Å²) in [6.45, 7) is 1.76. The summed E-state index contributed by atoms with van der Waals surface area (Å²) in [6.07, 6.45) is -0.572. The number of nitrogens with zero attached hydrogens (tertiary/aromatic N) is 1. The summed E-state index contributed by atoms with van der Waals surface area (Å²) >= 11 is 17.5. The molecule has 2 aromatic carbocycles. The Kier molecular flexibility index (Phi) is 8.77. The highest BCUT2D eigenvalue weighted by Gasteiger charge is 2.39. The van der Waals surface area contributed by atoms with E-state index in [4.69, 9.17) is 39.5 Å². The van der Waals surface area contributed by atoms with Crippen LogP contribution >= 0.6 is 34.8 Å². The quantitative estimate of drug-likeness (QED) is 0.219. The number of allylic oxidation sites excluding steroid dienone is 1. The predicted molar refractivity (Wildman–Crippen MR) is 129 cm³/mol. The number of pyridine rings is 1. The molecule has 0 aliphatic carbocycles. The fourth-order valence-electron chi connectivity index (χ4n) is 3.31. The molecule has 1 unspecified atom stereocenters. The molecule has 3 nitrogen and oxygen atoms in total. The molecule has 0 spiro atoms. The summed E-state index contributed by atoms with van der Waals surface area (Å²) in [4.78, 5) is 16.5. The van der Waals surface area contributed by atoms with Crippen molar-refractivity contribution in [2.24, 2.45) is 0 Å². The number of ketones is 1. The van der Waals surface area contributed by atoms with E-state index in [1.807, 2.05) is 0 Å². The molecule has 0 saturated heterocycles. The molecule has 178 valence electrons. The monoisotopic (exact) mass is 527 g/mol. The summed E-state index contributed by atoms with van der Waals surface area (Å²) in [7, 11) is 0. The molecule has 34 heavy (non-hydrogen) atoms. The Morgan fingerprint density at radius 2 is 1.76 bits per heavy atom. The van der Waals surface area contributed by atoms with Crippen LogP contribution in [0, 0.1) is 6.92 Å². The number of halogens is 6. The molecule has 3 aromatic rings. The average Bonchev–Trinajstić information content (AvgIpc) is 2.73. The van der Waals surface area contributed by atoms with Gasteiger partial charge >= 0.3 is 6.18 Å². The summed E-state index contributed by atoms with van der Waals surface area (Å²) in [5, 5.41) is 0.610. The number of alkyl halides is 3. The van der Waals surface area contributed by atoms with Crippen molar-refractivity contribution in [2.75, 3.05) is 6.61 Å². The Balaban J connectivity index is 1.70. The van der Waals surface area contributed by atoms with Crippen molar-refractivity contribution < 1.29 is 22.7 Å². The summed E-state index contributed by atoms with van der Waals surface area (Å²) in [5.74, 6) is -2.13.